The first-order valence-electron chi connectivity index (χ1n) is 4.74. The zero-order valence-electron chi connectivity index (χ0n) is 7.70. The maximum Gasteiger partial charge on any atom is 0.309 e. The van der Waals surface area contributed by atoms with Crippen LogP contribution in [0.4, 0.5) is 0 Å². The van der Waals surface area contributed by atoms with Gasteiger partial charge < -0.3 is 10.2 Å². The number of allylic oxidation sites excluding steroid dienone is 1. The number of hydrogen-bond donors (Lipinski definition) is 2. The zero-order chi connectivity index (χ0) is 9.73. The van der Waals surface area contributed by atoms with Gasteiger partial charge in [0.15, 0.2) is 0 Å². The van der Waals surface area contributed by atoms with Crippen LogP contribution in [0.25, 0.3) is 0 Å². The predicted octanol–water partition coefficient (Wildman–Crippen LogP) is 2.48. The van der Waals surface area contributed by atoms with Crippen LogP contribution >= 0.6 is 0 Å². The Hall–Kier alpha value is -0.990. The van der Waals surface area contributed by atoms with Gasteiger partial charge >= 0.3 is 5.97 Å². The van der Waals surface area contributed by atoms with Crippen molar-refractivity contribution in [3.8, 4) is 0 Å². The number of aliphatic carboxylic acids is 1. The van der Waals surface area contributed by atoms with E-state index < -0.39 is 11.4 Å². The molecule has 0 bridgehead atoms. The highest BCUT2D eigenvalue weighted by Crippen LogP contribution is 2.39. The van der Waals surface area contributed by atoms with Crippen LogP contribution in [0, 0.1) is 5.41 Å². The summed E-state index contributed by atoms with van der Waals surface area (Å²) in [5.41, 5.74) is -0.600. The standard InChI is InChI=1S/C10H16O3/c11-8-4-7-10(9(12)13)5-2-1-3-6-10/h4,8,11H,1-3,5-7H2,(H,12,13). The molecule has 0 saturated heterocycles. The van der Waals surface area contributed by atoms with E-state index in [-0.39, 0.29) is 0 Å². The molecule has 13 heavy (non-hydrogen) atoms. The summed E-state index contributed by atoms with van der Waals surface area (Å²) in [6, 6.07) is 0. The fourth-order valence-electron chi connectivity index (χ4n) is 2.01. The number of carboxylic acids is 1. The van der Waals surface area contributed by atoms with Gasteiger partial charge in [-0.2, -0.15) is 0 Å². The minimum Gasteiger partial charge on any atom is -0.516 e. The molecule has 74 valence electrons. The van der Waals surface area contributed by atoms with E-state index in [1.165, 1.54) is 0 Å². The van der Waals surface area contributed by atoms with Crippen molar-refractivity contribution in [1.82, 2.24) is 0 Å². The number of aliphatic hydroxyl groups excluding tert-OH is 1. The molecule has 3 nitrogen and oxygen atoms in total. The molecule has 1 rings (SSSR count). The number of hydrogen-bond acceptors (Lipinski definition) is 2. The van der Waals surface area contributed by atoms with E-state index in [4.69, 9.17) is 10.2 Å². The minimum atomic E-state index is -0.717. The monoisotopic (exact) mass is 184 g/mol. The Balaban J connectivity index is 2.67. The van der Waals surface area contributed by atoms with Crippen LogP contribution in [0.2, 0.25) is 0 Å². The molecule has 2 N–H and O–H groups in total. The van der Waals surface area contributed by atoms with E-state index in [0.29, 0.717) is 6.42 Å². The number of carboxylic acid groups (broad SMARTS) is 1. The van der Waals surface area contributed by atoms with Crippen molar-refractivity contribution in [1.29, 1.82) is 0 Å². The third kappa shape index (κ3) is 2.23. The fourth-order valence-corrected chi connectivity index (χ4v) is 2.01. The molecule has 1 aliphatic rings. The summed E-state index contributed by atoms with van der Waals surface area (Å²) in [7, 11) is 0. The van der Waals surface area contributed by atoms with E-state index in [1.54, 1.807) is 6.08 Å². The van der Waals surface area contributed by atoms with Crippen molar-refractivity contribution in [2.45, 2.75) is 38.5 Å². The Morgan fingerprint density at radius 1 is 1.31 bits per heavy atom. The highest BCUT2D eigenvalue weighted by atomic mass is 16.4. The third-order valence-electron chi connectivity index (χ3n) is 2.88. The van der Waals surface area contributed by atoms with Crippen molar-refractivity contribution in [2.75, 3.05) is 0 Å². The minimum absolute atomic E-state index is 0.457. The normalized spacial score (nSPS) is 21.8. The highest BCUT2D eigenvalue weighted by molar-refractivity contribution is 5.75. The SMILES string of the molecule is O=C(O)C1(CC=CO)CCCCC1. The fraction of sp³-hybridized carbons (Fsp3) is 0.700. The summed E-state index contributed by atoms with van der Waals surface area (Å²) in [6.45, 7) is 0. The Bertz CT molecular complexity index is 202. The smallest absolute Gasteiger partial charge is 0.309 e. The van der Waals surface area contributed by atoms with Gasteiger partial charge in [0.05, 0.1) is 11.7 Å². The molecule has 0 aliphatic heterocycles. The van der Waals surface area contributed by atoms with Crippen molar-refractivity contribution in [2.24, 2.45) is 5.41 Å². The molecule has 1 saturated carbocycles. The quantitative estimate of drug-likeness (QED) is 0.662. The molecule has 0 aromatic carbocycles. The molecule has 0 radical (unpaired) electrons. The summed E-state index contributed by atoms with van der Waals surface area (Å²) in [5, 5.41) is 17.6. The molecule has 0 amide bonds. The molecule has 0 aromatic heterocycles. The molecule has 0 atom stereocenters. The van der Waals surface area contributed by atoms with E-state index in [1.807, 2.05) is 0 Å². The second kappa shape index (κ2) is 4.30. The average Bonchev–Trinajstić information content (AvgIpc) is 2.16. The zero-order valence-corrected chi connectivity index (χ0v) is 7.70. The topological polar surface area (TPSA) is 57.5 Å². The number of rotatable bonds is 3. The first-order chi connectivity index (χ1) is 6.21. The lowest BCUT2D eigenvalue weighted by Crippen LogP contribution is -2.32. The molecule has 0 heterocycles. The molecule has 1 fully saturated rings. The van der Waals surface area contributed by atoms with Crippen LogP contribution in [-0.4, -0.2) is 16.2 Å². The van der Waals surface area contributed by atoms with Gasteiger partial charge in [-0.25, -0.2) is 0 Å². The molecule has 0 unspecified atom stereocenters. The van der Waals surface area contributed by atoms with Gasteiger partial charge in [0.2, 0.25) is 0 Å². The van der Waals surface area contributed by atoms with Crippen LogP contribution in [0.15, 0.2) is 12.3 Å². The van der Waals surface area contributed by atoms with Crippen molar-refractivity contribution in [3.63, 3.8) is 0 Å². The maximum absolute atomic E-state index is 11.1. The summed E-state index contributed by atoms with van der Waals surface area (Å²) < 4.78 is 0. The Morgan fingerprint density at radius 2 is 1.92 bits per heavy atom. The number of carbonyl (C=O) groups is 1. The van der Waals surface area contributed by atoms with Crippen molar-refractivity contribution >= 4 is 5.97 Å². The highest BCUT2D eigenvalue weighted by Gasteiger charge is 2.38. The van der Waals surface area contributed by atoms with Gasteiger partial charge in [-0.1, -0.05) is 19.3 Å². The third-order valence-corrected chi connectivity index (χ3v) is 2.88. The average molecular weight is 184 g/mol. The molecule has 0 spiro atoms. The summed E-state index contributed by atoms with van der Waals surface area (Å²) in [4.78, 5) is 11.1. The van der Waals surface area contributed by atoms with E-state index in [2.05, 4.69) is 0 Å². The first kappa shape index (κ1) is 10.1. The van der Waals surface area contributed by atoms with E-state index in [0.717, 1.165) is 38.4 Å². The summed E-state index contributed by atoms with van der Waals surface area (Å²) >= 11 is 0. The van der Waals surface area contributed by atoms with Gasteiger partial charge in [-0.15, -0.1) is 0 Å². The second-order valence-corrected chi connectivity index (χ2v) is 3.74. The Kier molecular flexibility index (Phi) is 3.34. The van der Waals surface area contributed by atoms with Gasteiger partial charge in [0.1, 0.15) is 0 Å². The largest absolute Gasteiger partial charge is 0.516 e. The molecule has 3 heteroatoms. The van der Waals surface area contributed by atoms with Crippen molar-refractivity contribution in [3.05, 3.63) is 12.3 Å². The van der Waals surface area contributed by atoms with Crippen LogP contribution in [0.1, 0.15) is 38.5 Å². The van der Waals surface area contributed by atoms with Gasteiger partial charge in [0, 0.05) is 0 Å². The number of aliphatic hydroxyl groups is 1. The van der Waals surface area contributed by atoms with Gasteiger partial charge in [-0.05, 0) is 25.3 Å². The lowest BCUT2D eigenvalue weighted by molar-refractivity contribution is -0.150. The molecule has 1 aliphatic carbocycles. The summed E-state index contributed by atoms with van der Waals surface area (Å²) in [5.74, 6) is -0.717. The molecular weight excluding hydrogens is 168 g/mol. The predicted molar refractivity (Wildman–Crippen MR) is 49.5 cm³/mol. The lowest BCUT2D eigenvalue weighted by Gasteiger charge is -2.31. The van der Waals surface area contributed by atoms with Crippen LogP contribution < -0.4 is 0 Å². The molecular formula is C10H16O3. The van der Waals surface area contributed by atoms with Gasteiger partial charge in [0.25, 0.3) is 0 Å². The van der Waals surface area contributed by atoms with E-state index in [9.17, 15) is 4.79 Å². The maximum atomic E-state index is 11.1. The molecule has 0 aromatic rings. The summed E-state index contributed by atoms with van der Waals surface area (Å²) in [6.07, 6.45) is 7.55. The Morgan fingerprint density at radius 3 is 2.38 bits per heavy atom. The van der Waals surface area contributed by atoms with Crippen LogP contribution in [-0.2, 0) is 4.79 Å². The Labute approximate surface area is 78.1 Å². The van der Waals surface area contributed by atoms with Crippen LogP contribution in [0.5, 0.6) is 0 Å². The van der Waals surface area contributed by atoms with Gasteiger partial charge in [-0.3, -0.25) is 4.79 Å². The van der Waals surface area contributed by atoms with Crippen LogP contribution in [0.3, 0.4) is 0 Å². The lowest BCUT2D eigenvalue weighted by atomic mass is 9.72. The van der Waals surface area contributed by atoms with E-state index >= 15 is 0 Å². The first-order valence-corrected chi connectivity index (χ1v) is 4.74. The second-order valence-electron chi connectivity index (χ2n) is 3.74. The van der Waals surface area contributed by atoms with Crippen molar-refractivity contribution < 1.29 is 15.0 Å².